The van der Waals surface area contributed by atoms with E-state index in [1.165, 1.54) is 6.92 Å². The van der Waals surface area contributed by atoms with Crippen molar-refractivity contribution in [1.29, 1.82) is 0 Å². The molecule has 0 spiro atoms. The van der Waals surface area contributed by atoms with Crippen molar-refractivity contribution in [1.82, 2.24) is 10.2 Å². The van der Waals surface area contributed by atoms with Crippen molar-refractivity contribution in [3.05, 3.63) is 0 Å². The molecule has 0 aromatic carbocycles. The van der Waals surface area contributed by atoms with E-state index in [-0.39, 0.29) is 18.5 Å². The first-order valence-corrected chi connectivity index (χ1v) is 7.13. The lowest BCUT2D eigenvalue weighted by atomic mass is 10.0. The number of carbonyl (C=O) groups excluding carboxylic acids is 1. The van der Waals surface area contributed by atoms with Crippen LogP contribution in [0.4, 0.5) is 0 Å². The molecule has 0 saturated carbocycles. The molecule has 3 N–H and O–H groups in total. The number of likely N-dealkylation sites (tertiary alicyclic amines) is 1. The van der Waals surface area contributed by atoms with E-state index in [9.17, 15) is 14.7 Å². The van der Waals surface area contributed by atoms with Crippen LogP contribution in [0.25, 0.3) is 0 Å². The van der Waals surface area contributed by atoms with Crippen LogP contribution in [0.2, 0.25) is 0 Å². The molecule has 1 rings (SSSR count). The van der Waals surface area contributed by atoms with Gasteiger partial charge in [0.05, 0.1) is 18.1 Å². The summed E-state index contributed by atoms with van der Waals surface area (Å²) >= 11 is 0. The third kappa shape index (κ3) is 4.45. The molecule has 4 atom stereocenters. The Hall–Kier alpha value is -1.14. The van der Waals surface area contributed by atoms with Crippen LogP contribution >= 0.6 is 0 Å². The van der Waals surface area contributed by atoms with E-state index in [4.69, 9.17) is 5.11 Å². The summed E-state index contributed by atoms with van der Waals surface area (Å²) in [4.78, 5) is 24.9. The number of amides is 1. The van der Waals surface area contributed by atoms with E-state index < -0.39 is 18.0 Å². The predicted molar refractivity (Wildman–Crippen MR) is 75.3 cm³/mol. The summed E-state index contributed by atoms with van der Waals surface area (Å²) in [6.07, 6.45) is 1.77. The Morgan fingerprint density at radius 1 is 1.35 bits per heavy atom. The molecule has 0 bridgehead atoms. The van der Waals surface area contributed by atoms with Gasteiger partial charge < -0.3 is 15.5 Å². The number of aliphatic hydroxyl groups is 1. The third-order valence-corrected chi connectivity index (χ3v) is 4.02. The molecular formula is C14H26N2O4. The second kappa shape index (κ2) is 6.54. The van der Waals surface area contributed by atoms with Crippen molar-refractivity contribution in [2.45, 2.75) is 70.7 Å². The topological polar surface area (TPSA) is 89.9 Å². The van der Waals surface area contributed by atoms with Crippen LogP contribution in [0.1, 0.15) is 47.0 Å². The van der Waals surface area contributed by atoms with Crippen LogP contribution in [-0.2, 0) is 9.59 Å². The maximum Gasteiger partial charge on any atom is 0.306 e. The quantitative estimate of drug-likeness (QED) is 0.665. The first kappa shape index (κ1) is 16.9. The van der Waals surface area contributed by atoms with E-state index >= 15 is 0 Å². The van der Waals surface area contributed by atoms with Gasteiger partial charge >= 0.3 is 5.97 Å². The molecule has 4 unspecified atom stereocenters. The van der Waals surface area contributed by atoms with Crippen molar-refractivity contribution in [3.63, 3.8) is 0 Å². The van der Waals surface area contributed by atoms with Gasteiger partial charge in [0.15, 0.2) is 0 Å². The van der Waals surface area contributed by atoms with Crippen LogP contribution in [-0.4, -0.2) is 57.3 Å². The third-order valence-electron chi connectivity index (χ3n) is 4.02. The molecule has 0 aliphatic carbocycles. The smallest absolute Gasteiger partial charge is 0.306 e. The van der Waals surface area contributed by atoms with Gasteiger partial charge in [0, 0.05) is 18.6 Å². The molecule has 1 aliphatic rings. The zero-order valence-corrected chi connectivity index (χ0v) is 12.7. The number of nitrogens with zero attached hydrogens (tertiary/aromatic N) is 1. The minimum atomic E-state index is -1.43. The minimum absolute atomic E-state index is 0.0565. The van der Waals surface area contributed by atoms with E-state index in [0.29, 0.717) is 12.1 Å². The Balaban J connectivity index is 2.52. The lowest BCUT2D eigenvalue weighted by Crippen LogP contribution is -2.52. The van der Waals surface area contributed by atoms with E-state index in [0.717, 1.165) is 12.8 Å². The molecule has 0 aromatic heterocycles. The molecule has 0 aromatic rings. The Morgan fingerprint density at radius 3 is 2.30 bits per heavy atom. The van der Waals surface area contributed by atoms with Crippen molar-refractivity contribution >= 4 is 11.9 Å². The summed E-state index contributed by atoms with van der Waals surface area (Å²) in [5.74, 6) is -1.25. The summed E-state index contributed by atoms with van der Waals surface area (Å²) in [6, 6.07) is 0.457. The fourth-order valence-corrected chi connectivity index (χ4v) is 2.93. The Bertz CT molecular complexity index is 360. The van der Waals surface area contributed by atoms with Gasteiger partial charge in [-0.2, -0.15) is 0 Å². The molecule has 1 fully saturated rings. The average Bonchev–Trinajstić information content (AvgIpc) is 2.63. The van der Waals surface area contributed by atoms with E-state index in [1.54, 1.807) is 0 Å². The van der Waals surface area contributed by atoms with Crippen molar-refractivity contribution in [2.75, 3.05) is 6.54 Å². The Labute approximate surface area is 120 Å². The van der Waals surface area contributed by atoms with Crippen LogP contribution in [0, 0.1) is 0 Å². The number of carboxylic acids is 1. The summed E-state index contributed by atoms with van der Waals surface area (Å²) in [5, 5.41) is 21.2. The molecule has 6 nitrogen and oxygen atoms in total. The summed E-state index contributed by atoms with van der Waals surface area (Å²) < 4.78 is 0. The van der Waals surface area contributed by atoms with Crippen LogP contribution in [0.5, 0.6) is 0 Å². The number of carboxylic acid groups (broad SMARTS) is 1. The molecule has 1 amide bonds. The van der Waals surface area contributed by atoms with Gasteiger partial charge in [0.2, 0.25) is 5.91 Å². The van der Waals surface area contributed by atoms with Crippen LogP contribution < -0.4 is 5.32 Å². The molecule has 1 heterocycles. The van der Waals surface area contributed by atoms with Gasteiger partial charge in [-0.1, -0.05) is 0 Å². The van der Waals surface area contributed by atoms with Gasteiger partial charge in [0.25, 0.3) is 0 Å². The van der Waals surface area contributed by atoms with Gasteiger partial charge in [-0.3, -0.25) is 14.5 Å². The zero-order chi connectivity index (χ0) is 15.5. The van der Waals surface area contributed by atoms with Crippen LogP contribution in [0.3, 0.4) is 0 Å². The number of hydrogen-bond donors (Lipinski definition) is 3. The number of hydrogen-bond acceptors (Lipinski definition) is 4. The fourth-order valence-electron chi connectivity index (χ4n) is 2.93. The van der Waals surface area contributed by atoms with Gasteiger partial charge in [-0.25, -0.2) is 0 Å². The normalized spacial score (nSPS) is 27.9. The second-order valence-corrected chi connectivity index (χ2v) is 6.18. The number of carbonyl (C=O) groups is 2. The van der Waals surface area contributed by atoms with Crippen LogP contribution in [0.15, 0.2) is 0 Å². The van der Waals surface area contributed by atoms with Gasteiger partial charge in [-0.05, 0) is 40.5 Å². The highest BCUT2D eigenvalue weighted by molar-refractivity contribution is 5.81. The molecule has 6 heteroatoms. The van der Waals surface area contributed by atoms with Gasteiger partial charge in [0.1, 0.15) is 0 Å². The lowest BCUT2D eigenvalue weighted by molar-refractivity contribution is -0.142. The Kier molecular flexibility index (Phi) is 5.53. The molecular weight excluding hydrogens is 260 g/mol. The van der Waals surface area contributed by atoms with Gasteiger partial charge in [-0.15, -0.1) is 0 Å². The highest BCUT2D eigenvalue weighted by Gasteiger charge is 2.35. The largest absolute Gasteiger partial charge is 0.481 e. The fraction of sp³-hybridized carbons (Fsp3) is 0.857. The second-order valence-electron chi connectivity index (χ2n) is 6.18. The highest BCUT2D eigenvalue weighted by Crippen LogP contribution is 2.25. The molecule has 1 aliphatic heterocycles. The summed E-state index contributed by atoms with van der Waals surface area (Å²) in [6.45, 7) is 7.41. The Morgan fingerprint density at radius 2 is 1.85 bits per heavy atom. The number of nitrogens with one attached hydrogen (secondary N) is 1. The standard InChI is InChI=1S/C14H26N2O4/c1-9-5-6-10(2)16(9)11(3)13(19)15-8-14(4,20)7-12(17)18/h9-11,20H,5-8H2,1-4H3,(H,15,19)(H,17,18). The molecule has 0 radical (unpaired) electrons. The first-order chi connectivity index (χ1) is 9.14. The lowest BCUT2D eigenvalue weighted by Gasteiger charge is -2.32. The first-order valence-electron chi connectivity index (χ1n) is 7.13. The van der Waals surface area contributed by atoms with E-state index in [1.807, 2.05) is 6.92 Å². The number of rotatable bonds is 6. The van der Waals surface area contributed by atoms with E-state index in [2.05, 4.69) is 24.1 Å². The molecule has 20 heavy (non-hydrogen) atoms. The van der Waals surface area contributed by atoms with Crippen molar-refractivity contribution < 1.29 is 19.8 Å². The number of aliphatic carboxylic acids is 1. The maximum atomic E-state index is 12.1. The summed E-state index contributed by atoms with van der Waals surface area (Å²) in [5.41, 5.74) is -1.43. The summed E-state index contributed by atoms with van der Waals surface area (Å²) in [7, 11) is 0. The van der Waals surface area contributed by atoms with Crippen molar-refractivity contribution in [2.24, 2.45) is 0 Å². The monoisotopic (exact) mass is 286 g/mol. The van der Waals surface area contributed by atoms with Crippen molar-refractivity contribution in [3.8, 4) is 0 Å². The molecule has 1 saturated heterocycles. The zero-order valence-electron chi connectivity index (χ0n) is 12.7. The minimum Gasteiger partial charge on any atom is -0.481 e. The molecule has 116 valence electrons. The predicted octanol–water partition coefficient (Wildman–Crippen LogP) is 0.590. The average molecular weight is 286 g/mol. The maximum absolute atomic E-state index is 12.1. The highest BCUT2D eigenvalue weighted by atomic mass is 16.4. The SMILES string of the molecule is CC1CCC(C)N1C(C)C(=O)NCC(C)(O)CC(=O)O.